The van der Waals surface area contributed by atoms with Gasteiger partial charge in [0.05, 0.1) is 31.8 Å². The average Bonchev–Trinajstić information content (AvgIpc) is 2.62. The summed E-state index contributed by atoms with van der Waals surface area (Å²) in [6, 6.07) is 0. The van der Waals surface area contributed by atoms with Crippen LogP contribution in [0.3, 0.4) is 0 Å². The summed E-state index contributed by atoms with van der Waals surface area (Å²) in [4.78, 5) is 0. The number of nitrogens with zero attached hydrogens (tertiary/aromatic N) is 2. The van der Waals surface area contributed by atoms with Gasteiger partial charge in [-0.2, -0.15) is 10.1 Å². The standard InChI is InChI=1S/C23H42N2O6/c1-17(2)9-22(10-18(3,4)24(17)26)28-13-21(14-29-22)15-30-23(31-16-21)11-19(5,6)25(27)20(7,8)12-23/h26-27H,9-16H2,1-8H3. The molecule has 0 aromatic carbocycles. The van der Waals surface area contributed by atoms with E-state index in [2.05, 4.69) is 0 Å². The highest BCUT2D eigenvalue weighted by atomic mass is 16.7. The smallest absolute Gasteiger partial charge is 0.172 e. The molecule has 0 radical (unpaired) electrons. The maximum Gasteiger partial charge on any atom is 0.172 e. The molecule has 4 aliphatic heterocycles. The lowest BCUT2D eigenvalue weighted by molar-refractivity contribution is -0.414. The van der Waals surface area contributed by atoms with E-state index >= 15 is 0 Å². The number of hydrogen-bond donors (Lipinski definition) is 2. The highest BCUT2D eigenvalue weighted by Crippen LogP contribution is 2.51. The van der Waals surface area contributed by atoms with Crippen molar-refractivity contribution in [1.29, 1.82) is 0 Å². The van der Waals surface area contributed by atoms with E-state index in [0.717, 1.165) is 0 Å². The third kappa shape index (κ3) is 3.97. The van der Waals surface area contributed by atoms with E-state index in [1.165, 1.54) is 10.1 Å². The first-order valence-electron chi connectivity index (χ1n) is 11.5. The second-order valence-corrected chi connectivity index (χ2v) is 13.1. The monoisotopic (exact) mass is 442 g/mol. The maximum absolute atomic E-state index is 10.6. The molecule has 3 spiro atoms. The fraction of sp³-hybridized carbons (Fsp3) is 1.00. The first-order chi connectivity index (χ1) is 14.0. The van der Waals surface area contributed by atoms with Gasteiger partial charge in [-0.1, -0.05) is 0 Å². The largest absolute Gasteiger partial charge is 0.349 e. The summed E-state index contributed by atoms with van der Waals surface area (Å²) in [5.74, 6) is -1.42. The molecule has 180 valence electrons. The normalized spacial score (nSPS) is 35.4. The van der Waals surface area contributed by atoms with Crippen molar-refractivity contribution in [3.8, 4) is 0 Å². The van der Waals surface area contributed by atoms with Crippen molar-refractivity contribution in [3.63, 3.8) is 0 Å². The minimum Gasteiger partial charge on any atom is -0.349 e. The van der Waals surface area contributed by atoms with Crippen LogP contribution < -0.4 is 0 Å². The molecule has 0 unspecified atom stereocenters. The number of ether oxygens (including phenoxy) is 4. The Morgan fingerprint density at radius 3 is 0.935 bits per heavy atom. The molecule has 4 fully saturated rings. The molecule has 0 amide bonds. The van der Waals surface area contributed by atoms with Crippen LogP contribution in [-0.4, -0.2) is 80.7 Å². The Bertz CT molecular complexity index is 599. The summed E-state index contributed by atoms with van der Waals surface area (Å²) < 4.78 is 25.7. The van der Waals surface area contributed by atoms with Gasteiger partial charge in [0.1, 0.15) is 0 Å². The molecule has 8 heteroatoms. The summed E-state index contributed by atoms with van der Waals surface area (Å²) in [6.45, 7) is 18.1. The Morgan fingerprint density at radius 1 is 0.484 bits per heavy atom. The SMILES string of the molecule is CC1(C)CC2(CC(C)(C)N1O)OCC1(CO2)COC2(CC(C)(C)N(O)C(C)(C)C2)OC1. The zero-order valence-corrected chi connectivity index (χ0v) is 20.6. The van der Waals surface area contributed by atoms with Gasteiger partial charge >= 0.3 is 0 Å². The lowest BCUT2D eigenvalue weighted by Gasteiger charge is -2.61. The van der Waals surface area contributed by atoms with Gasteiger partial charge in [0.25, 0.3) is 0 Å². The van der Waals surface area contributed by atoms with Crippen LogP contribution in [0.4, 0.5) is 0 Å². The third-order valence-electron chi connectivity index (χ3n) is 7.67. The Kier molecular flexibility index (Phi) is 5.27. The highest BCUT2D eigenvalue weighted by molar-refractivity contribution is 5.05. The third-order valence-corrected chi connectivity index (χ3v) is 7.67. The zero-order valence-electron chi connectivity index (χ0n) is 20.6. The molecule has 4 aliphatic rings. The Balaban J connectivity index is 1.44. The summed E-state index contributed by atoms with van der Waals surface area (Å²) >= 11 is 0. The molecular formula is C23H42N2O6. The van der Waals surface area contributed by atoms with Crippen molar-refractivity contribution in [1.82, 2.24) is 10.1 Å². The van der Waals surface area contributed by atoms with E-state index < -0.39 is 33.7 Å². The van der Waals surface area contributed by atoms with Crippen LogP contribution in [0.5, 0.6) is 0 Å². The van der Waals surface area contributed by atoms with Crippen molar-refractivity contribution < 1.29 is 29.4 Å². The molecule has 2 N–H and O–H groups in total. The number of hydroxylamine groups is 4. The van der Waals surface area contributed by atoms with Gasteiger partial charge < -0.3 is 29.4 Å². The summed E-state index contributed by atoms with van der Waals surface area (Å²) in [5, 5.41) is 24.1. The fourth-order valence-corrected chi connectivity index (χ4v) is 6.58. The van der Waals surface area contributed by atoms with Crippen LogP contribution in [0.25, 0.3) is 0 Å². The molecule has 0 aromatic rings. The Morgan fingerprint density at radius 2 is 0.710 bits per heavy atom. The van der Waals surface area contributed by atoms with Crippen LogP contribution in [0.1, 0.15) is 81.1 Å². The van der Waals surface area contributed by atoms with Gasteiger partial charge in [-0.05, 0) is 55.4 Å². The highest BCUT2D eigenvalue weighted by Gasteiger charge is 2.60. The second-order valence-electron chi connectivity index (χ2n) is 13.1. The van der Waals surface area contributed by atoms with E-state index in [9.17, 15) is 10.4 Å². The van der Waals surface area contributed by atoms with Crippen LogP contribution in [0, 0.1) is 5.41 Å². The Labute approximate surface area is 186 Å². The van der Waals surface area contributed by atoms with Crippen molar-refractivity contribution in [2.45, 2.75) is 115 Å². The van der Waals surface area contributed by atoms with Crippen LogP contribution in [0.2, 0.25) is 0 Å². The quantitative estimate of drug-likeness (QED) is 0.589. The molecular weight excluding hydrogens is 400 g/mol. The van der Waals surface area contributed by atoms with Gasteiger partial charge in [-0.15, -0.1) is 0 Å². The van der Waals surface area contributed by atoms with Gasteiger partial charge in [0.15, 0.2) is 11.6 Å². The molecule has 4 rings (SSSR count). The van der Waals surface area contributed by atoms with Crippen molar-refractivity contribution in [2.24, 2.45) is 5.41 Å². The zero-order chi connectivity index (χ0) is 23.1. The van der Waals surface area contributed by atoms with Crippen molar-refractivity contribution >= 4 is 0 Å². The van der Waals surface area contributed by atoms with Crippen molar-refractivity contribution in [2.75, 3.05) is 26.4 Å². The first kappa shape index (κ1) is 23.8. The first-order valence-corrected chi connectivity index (χ1v) is 11.5. The van der Waals surface area contributed by atoms with E-state index in [-0.39, 0.29) is 5.41 Å². The number of hydrogen-bond acceptors (Lipinski definition) is 8. The molecule has 4 saturated heterocycles. The van der Waals surface area contributed by atoms with Crippen molar-refractivity contribution in [3.05, 3.63) is 0 Å². The van der Waals surface area contributed by atoms with Crippen LogP contribution >= 0.6 is 0 Å². The van der Waals surface area contributed by atoms with E-state index in [0.29, 0.717) is 52.1 Å². The fourth-order valence-electron chi connectivity index (χ4n) is 6.58. The summed E-state index contributed by atoms with van der Waals surface area (Å²) in [7, 11) is 0. The minimum absolute atomic E-state index is 0.341. The predicted molar refractivity (Wildman–Crippen MR) is 114 cm³/mol. The summed E-state index contributed by atoms with van der Waals surface area (Å²) in [6.07, 6.45) is 2.37. The lowest BCUT2D eigenvalue weighted by atomic mass is 9.76. The van der Waals surface area contributed by atoms with E-state index in [1.54, 1.807) is 0 Å². The average molecular weight is 443 g/mol. The molecule has 8 nitrogen and oxygen atoms in total. The molecule has 0 bridgehead atoms. The molecule has 0 aromatic heterocycles. The molecule has 0 aliphatic carbocycles. The number of piperidine rings is 2. The van der Waals surface area contributed by atoms with Crippen LogP contribution in [0.15, 0.2) is 0 Å². The van der Waals surface area contributed by atoms with Gasteiger partial charge in [0, 0.05) is 47.8 Å². The molecule has 0 saturated carbocycles. The molecule has 4 heterocycles. The summed E-state index contributed by atoms with van der Waals surface area (Å²) in [5.41, 5.74) is -2.15. The van der Waals surface area contributed by atoms with E-state index in [4.69, 9.17) is 18.9 Å². The second kappa shape index (κ2) is 6.85. The van der Waals surface area contributed by atoms with Crippen LogP contribution in [-0.2, 0) is 18.9 Å². The van der Waals surface area contributed by atoms with Gasteiger partial charge in [-0.3, -0.25) is 0 Å². The predicted octanol–water partition coefficient (Wildman–Crippen LogP) is 3.54. The maximum atomic E-state index is 10.6. The number of rotatable bonds is 0. The topological polar surface area (TPSA) is 83.9 Å². The molecule has 31 heavy (non-hydrogen) atoms. The lowest BCUT2D eigenvalue weighted by Crippen LogP contribution is -2.70. The van der Waals surface area contributed by atoms with E-state index in [1.807, 2.05) is 55.4 Å². The minimum atomic E-state index is -0.709. The molecule has 0 atom stereocenters. The van der Waals surface area contributed by atoms with Gasteiger partial charge in [0.2, 0.25) is 0 Å². The van der Waals surface area contributed by atoms with Gasteiger partial charge in [-0.25, -0.2) is 0 Å². The Hall–Kier alpha value is -0.320.